The van der Waals surface area contributed by atoms with E-state index in [1.807, 2.05) is 6.92 Å². The molecule has 2 bridgehead atoms. The van der Waals surface area contributed by atoms with Crippen LogP contribution < -0.4 is 5.32 Å². The molecule has 1 amide bonds. The zero-order chi connectivity index (χ0) is 21.0. The van der Waals surface area contributed by atoms with Crippen molar-refractivity contribution in [2.45, 2.75) is 63.9 Å². The molecule has 152 valence electrons. The zero-order valence-corrected chi connectivity index (χ0v) is 18.3. The minimum Gasteiger partial charge on any atom is -0.326 e. The van der Waals surface area contributed by atoms with Crippen molar-refractivity contribution in [3.8, 4) is 0 Å². The van der Waals surface area contributed by atoms with Crippen LogP contribution in [-0.4, -0.2) is 32.6 Å². The fourth-order valence-electron chi connectivity index (χ4n) is 4.80. The van der Waals surface area contributed by atoms with Gasteiger partial charge in [0.25, 0.3) is 0 Å². The Balaban J connectivity index is 1.48. The molecule has 1 fully saturated rings. The van der Waals surface area contributed by atoms with Crippen LogP contribution in [-0.2, 0) is 10.2 Å². The Morgan fingerprint density at radius 2 is 2.00 bits per heavy atom. The van der Waals surface area contributed by atoms with Crippen LogP contribution in [0.3, 0.4) is 0 Å². The molecule has 1 heterocycles. The zero-order valence-electron chi connectivity index (χ0n) is 17.5. The number of nitrogens with zero attached hydrogens (tertiary/aromatic N) is 3. The maximum absolute atomic E-state index is 12.6. The van der Waals surface area contributed by atoms with Crippen LogP contribution in [0, 0.1) is 12.3 Å². The van der Waals surface area contributed by atoms with Crippen LogP contribution in [0.5, 0.6) is 0 Å². The van der Waals surface area contributed by atoms with Crippen LogP contribution in [0.25, 0.3) is 0 Å². The molecule has 0 spiro atoms. The Bertz CT molecular complexity index is 1020. The quantitative estimate of drug-likeness (QED) is 0.585. The number of amides is 1. The molecular formula is C22H26N4O2S. The lowest BCUT2D eigenvalue weighted by Crippen LogP contribution is -2.32. The Morgan fingerprint density at radius 3 is 2.69 bits per heavy atom. The standard InChI is InChI=1S/C22H26N4O2S/c1-12-10-14(6-7-16(12)23-13(2)27)17(28)11-29-20-24-19-18(25-26-20)15-8-9-22(19,5)21(15,3)4/h6-7,10,15H,8-9,11H2,1-5H3,(H,23,27). The number of anilines is 1. The molecule has 2 unspecified atom stereocenters. The van der Waals surface area contributed by atoms with Crippen molar-refractivity contribution in [3.05, 3.63) is 40.7 Å². The summed E-state index contributed by atoms with van der Waals surface area (Å²) in [5.74, 6) is 0.551. The number of aromatic nitrogens is 3. The molecule has 2 atom stereocenters. The van der Waals surface area contributed by atoms with Gasteiger partial charge in [0.2, 0.25) is 11.1 Å². The number of thioether (sulfide) groups is 1. The largest absolute Gasteiger partial charge is 0.326 e. The first-order valence-electron chi connectivity index (χ1n) is 9.93. The van der Waals surface area contributed by atoms with Gasteiger partial charge < -0.3 is 5.32 Å². The third-order valence-electron chi connectivity index (χ3n) is 6.96. The molecule has 1 saturated carbocycles. The predicted molar refractivity (Wildman–Crippen MR) is 113 cm³/mol. The van der Waals surface area contributed by atoms with Gasteiger partial charge in [0.1, 0.15) is 0 Å². The molecule has 1 N–H and O–H groups in total. The van der Waals surface area contributed by atoms with Gasteiger partial charge in [-0.25, -0.2) is 4.98 Å². The van der Waals surface area contributed by atoms with E-state index in [0.717, 1.165) is 35.5 Å². The predicted octanol–water partition coefficient (Wildman–Crippen LogP) is 4.29. The van der Waals surface area contributed by atoms with Gasteiger partial charge in [-0.3, -0.25) is 9.59 Å². The Kier molecular flexibility index (Phi) is 4.76. The number of nitrogens with one attached hydrogen (secondary N) is 1. The van der Waals surface area contributed by atoms with E-state index in [0.29, 0.717) is 16.6 Å². The average Bonchev–Trinajstić information content (AvgIpc) is 2.99. The summed E-state index contributed by atoms with van der Waals surface area (Å²) in [7, 11) is 0. The highest BCUT2D eigenvalue weighted by Gasteiger charge is 2.61. The maximum Gasteiger partial charge on any atom is 0.221 e. The lowest BCUT2D eigenvalue weighted by atomic mass is 9.70. The van der Waals surface area contributed by atoms with Crippen LogP contribution >= 0.6 is 11.8 Å². The van der Waals surface area contributed by atoms with Crippen molar-refractivity contribution in [2.75, 3.05) is 11.1 Å². The van der Waals surface area contributed by atoms with Gasteiger partial charge in [-0.1, -0.05) is 32.5 Å². The average molecular weight is 411 g/mol. The molecule has 0 radical (unpaired) electrons. The van der Waals surface area contributed by atoms with E-state index in [1.165, 1.54) is 18.7 Å². The van der Waals surface area contributed by atoms with Crippen molar-refractivity contribution in [3.63, 3.8) is 0 Å². The highest BCUT2D eigenvalue weighted by Crippen LogP contribution is 2.66. The number of benzene rings is 1. The van der Waals surface area contributed by atoms with Gasteiger partial charge in [-0.05, 0) is 48.9 Å². The lowest BCUT2D eigenvalue weighted by Gasteiger charge is -2.33. The van der Waals surface area contributed by atoms with E-state index in [-0.39, 0.29) is 28.3 Å². The molecule has 6 nitrogen and oxygen atoms in total. The van der Waals surface area contributed by atoms with Crippen LogP contribution in [0.15, 0.2) is 23.4 Å². The fourth-order valence-corrected chi connectivity index (χ4v) is 5.49. The molecule has 4 rings (SSSR count). The van der Waals surface area contributed by atoms with E-state index < -0.39 is 0 Å². The highest BCUT2D eigenvalue weighted by atomic mass is 32.2. The van der Waals surface area contributed by atoms with E-state index in [4.69, 9.17) is 4.98 Å². The summed E-state index contributed by atoms with van der Waals surface area (Å²) in [6, 6.07) is 5.31. The molecule has 0 saturated heterocycles. The molecule has 2 aliphatic rings. The number of carbonyl (C=O) groups excluding carboxylic acids is 2. The van der Waals surface area contributed by atoms with Gasteiger partial charge in [-0.2, -0.15) is 5.10 Å². The monoisotopic (exact) mass is 410 g/mol. The second-order valence-corrected chi connectivity index (χ2v) is 9.84. The summed E-state index contributed by atoms with van der Waals surface area (Å²) in [6.45, 7) is 10.2. The Labute approximate surface area is 175 Å². The molecule has 1 aromatic heterocycles. The Hall–Kier alpha value is -2.28. The minimum atomic E-state index is -0.130. The number of hydrogen-bond acceptors (Lipinski definition) is 6. The van der Waals surface area contributed by atoms with Gasteiger partial charge in [0.05, 0.1) is 17.1 Å². The number of aryl methyl sites for hydroxylation is 1. The van der Waals surface area contributed by atoms with Crippen molar-refractivity contribution >= 4 is 29.1 Å². The first kappa shape index (κ1) is 20.0. The Morgan fingerprint density at radius 1 is 1.24 bits per heavy atom. The smallest absolute Gasteiger partial charge is 0.221 e. The molecular weight excluding hydrogens is 384 g/mol. The van der Waals surface area contributed by atoms with Gasteiger partial charge in [0.15, 0.2) is 5.78 Å². The number of ketones is 1. The van der Waals surface area contributed by atoms with Crippen molar-refractivity contribution in [1.82, 2.24) is 15.2 Å². The van der Waals surface area contributed by atoms with Gasteiger partial charge in [0, 0.05) is 29.5 Å². The number of fused-ring (bicyclic) bond motifs is 5. The second kappa shape index (κ2) is 6.90. The third kappa shape index (κ3) is 3.16. The van der Waals surface area contributed by atoms with E-state index in [1.54, 1.807) is 18.2 Å². The van der Waals surface area contributed by atoms with E-state index in [9.17, 15) is 9.59 Å². The van der Waals surface area contributed by atoms with Crippen LogP contribution in [0.4, 0.5) is 5.69 Å². The summed E-state index contributed by atoms with van der Waals surface area (Å²) in [4.78, 5) is 28.7. The van der Waals surface area contributed by atoms with E-state index in [2.05, 4.69) is 36.3 Å². The van der Waals surface area contributed by atoms with E-state index >= 15 is 0 Å². The number of carbonyl (C=O) groups is 2. The van der Waals surface area contributed by atoms with Crippen LogP contribution in [0.2, 0.25) is 0 Å². The highest BCUT2D eigenvalue weighted by molar-refractivity contribution is 7.99. The normalized spacial score (nSPS) is 23.7. The molecule has 2 aliphatic carbocycles. The van der Waals surface area contributed by atoms with Crippen molar-refractivity contribution in [2.24, 2.45) is 5.41 Å². The second-order valence-electron chi connectivity index (χ2n) is 8.90. The van der Waals surface area contributed by atoms with Gasteiger partial charge in [-0.15, -0.1) is 5.10 Å². The number of rotatable bonds is 5. The van der Waals surface area contributed by atoms with Crippen LogP contribution in [0.1, 0.15) is 73.8 Å². The number of hydrogen-bond donors (Lipinski definition) is 1. The topological polar surface area (TPSA) is 84.8 Å². The molecule has 29 heavy (non-hydrogen) atoms. The molecule has 2 aromatic rings. The third-order valence-corrected chi connectivity index (χ3v) is 7.80. The summed E-state index contributed by atoms with van der Waals surface area (Å²) in [5.41, 5.74) is 4.48. The molecule has 7 heteroatoms. The maximum atomic E-state index is 12.6. The summed E-state index contributed by atoms with van der Waals surface area (Å²) in [6.07, 6.45) is 2.27. The minimum absolute atomic E-state index is 0.00429. The fraction of sp³-hybridized carbons (Fsp3) is 0.500. The first-order chi connectivity index (χ1) is 13.6. The van der Waals surface area contributed by atoms with Gasteiger partial charge >= 0.3 is 0 Å². The first-order valence-corrected chi connectivity index (χ1v) is 10.9. The number of Topliss-reactive ketones (excluding diaryl/α,β-unsaturated/α-hetero) is 1. The SMILES string of the molecule is CC(=O)Nc1ccc(C(=O)CSc2nnc3c(n2)C2(C)CCC3C2(C)C)cc1C. The molecule has 1 aromatic carbocycles. The van der Waals surface area contributed by atoms with Crippen molar-refractivity contribution in [1.29, 1.82) is 0 Å². The lowest BCUT2D eigenvalue weighted by molar-refractivity contribution is -0.114. The summed E-state index contributed by atoms with van der Waals surface area (Å²) < 4.78 is 0. The molecule has 0 aliphatic heterocycles. The van der Waals surface area contributed by atoms with Crippen molar-refractivity contribution < 1.29 is 9.59 Å². The summed E-state index contributed by atoms with van der Waals surface area (Å²) in [5, 5.41) is 12.1. The summed E-state index contributed by atoms with van der Waals surface area (Å²) >= 11 is 1.33.